The number of hydrogen-bond donors (Lipinski definition) is 1. The molecule has 1 aromatic carbocycles. The summed E-state index contributed by atoms with van der Waals surface area (Å²) in [4.78, 5) is 4.39. The first-order valence-corrected chi connectivity index (χ1v) is 7.40. The summed E-state index contributed by atoms with van der Waals surface area (Å²) >= 11 is 0. The lowest BCUT2D eigenvalue weighted by molar-refractivity contribution is 0.140. The first-order valence-electron chi connectivity index (χ1n) is 7.40. The van der Waals surface area contributed by atoms with Crippen LogP contribution in [0.2, 0.25) is 0 Å². The van der Waals surface area contributed by atoms with Gasteiger partial charge < -0.3 is 19.9 Å². The highest BCUT2D eigenvalue weighted by atomic mass is 16.7. The first-order chi connectivity index (χ1) is 10.3. The Bertz CT molecular complexity index is 674. The molecule has 0 spiro atoms. The summed E-state index contributed by atoms with van der Waals surface area (Å²) < 4.78 is 17.0. The number of pyridine rings is 1. The van der Waals surface area contributed by atoms with Gasteiger partial charge in [-0.3, -0.25) is 0 Å². The van der Waals surface area contributed by atoms with E-state index < -0.39 is 0 Å². The molecule has 1 aliphatic carbocycles. The fourth-order valence-electron chi connectivity index (χ4n) is 3.08. The molecule has 1 aromatic heterocycles. The molecule has 1 saturated carbocycles. The number of nitrogens with zero attached hydrogens (tertiary/aromatic N) is 1. The van der Waals surface area contributed by atoms with E-state index in [1.165, 1.54) is 0 Å². The SMILES string of the molecule is NC1CCCC(Oc2nccc3cc4c(cc23)OCO4)C1. The molecule has 0 bridgehead atoms. The molecule has 2 aromatic rings. The predicted molar refractivity (Wildman–Crippen MR) is 78.7 cm³/mol. The second-order valence-electron chi connectivity index (χ2n) is 5.71. The van der Waals surface area contributed by atoms with Gasteiger partial charge in [-0.05, 0) is 49.3 Å². The Hall–Kier alpha value is -2.01. The van der Waals surface area contributed by atoms with Gasteiger partial charge in [-0.1, -0.05) is 0 Å². The largest absolute Gasteiger partial charge is 0.474 e. The van der Waals surface area contributed by atoms with E-state index in [1.54, 1.807) is 6.20 Å². The summed E-state index contributed by atoms with van der Waals surface area (Å²) in [6.07, 6.45) is 6.05. The second-order valence-corrected chi connectivity index (χ2v) is 5.71. The summed E-state index contributed by atoms with van der Waals surface area (Å²) in [5.41, 5.74) is 6.03. The monoisotopic (exact) mass is 286 g/mol. The molecule has 2 unspecified atom stereocenters. The summed E-state index contributed by atoms with van der Waals surface area (Å²) in [5.74, 6) is 2.19. The van der Waals surface area contributed by atoms with E-state index >= 15 is 0 Å². The van der Waals surface area contributed by atoms with Crippen LogP contribution in [0.1, 0.15) is 25.7 Å². The fourth-order valence-corrected chi connectivity index (χ4v) is 3.08. The Labute approximate surface area is 123 Å². The third kappa shape index (κ3) is 2.38. The second kappa shape index (κ2) is 5.07. The van der Waals surface area contributed by atoms with Gasteiger partial charge >= 0.3 is 0 Å². The van der Waals surface area contributed by atoms with Crippen LogP contribution in [0.5, 0.6) is 17.4 Å². The molecule has 2 atom stereocenters. The molecule has 0 radical (unpaired) electrons. The Morgan fingerprint density at radius 3 is 2.90 bits per heavy atom. The van der Waals surface area contributed by atoms with Crippen LogP contribution in [0.15, 0.2) is 24.4 Å². The Kier molecular flexibility index (Phi) is 3.07. The van der Waals surface area contributed by atoms with Crippen LogP contribution in [0.4, 0.5) is 0 Å². The van der Waals surface area contributed by atoms with Gasteiger partial charge in [-0.2, -0.15) is 0 Å². The number of benzene rings is 1. The van der Waals surface area contributed by atoms with Crippen molar-refractivity contribution in [2.75, 3.05) is 6.79 Å². The molecule has 2 N–H and O–H groups in total. The quantitative estimate of drug-likeness (QED) is 0.919. The van der Waals surface area contributed by atoms with E-state index in [9.17, 15) is 0 Å². The zero-order valence-electron chi connectivity index (χ0n) is 11.7. The molecule has 0 saturated heterocycles. The predicted octanol–water partition coefficient (Wildman–Crippen LogP) is 2.61. The highest BCUT2D eigenvalue weighted by molar-refractivity contribution is 5.90. The first kappa shape index (κ1) is 12.7. The van der Waals surface area contributed by atoms with Gasteiger partial charge in [0.05, 0.1) is 0 Å². The fraction of sp³-hybridized carbons (Fsp3) is 0.438. The molecule has 5 heteroatoms. The average molecular weight is 286 g/mol. The number of fused-ring (bicyclic) bond motifs is 2. The van der Waals surface area contributed by atoms with Gasteiger partial charge in [-0.15, -0.1) is 0 Å². The minimum absolute atomic E-state index is 0.150. The van der Waals surface area contributed by atoms with Crippen LogP contribution in [0.3, 0.4) is 0 Å². The summed E-state index contributed by atoms with van der Waals surface area (Å²) in [5, 5.41) is 2.00. The molecule has 1 aliphatic heterocycles. The van der Waals surface area contributed by atoms with Gasteiger partial charge in [0, 0.05) is 17.6 Å². The summed E-state index contributed by atoms with van der Waals surface area (Å²) in [7, 11) is 0. The molecule has 21 heavy (non-hydrogen) atoms. The van der Waals surface area contributed by atoms with E-state index in [0.717, 1.165) is 48.0 Å². The zero-order valence-corrected chi connectivity index (χ0v) is 11.7. The van der Waals surface area contributed by atoms with Crippen molar-refractivity contribution in [3.63, 3.8) is 0 Å². The van der Waals surface area contributed by atoms with E-state index in [2.05, 4.69) is 4.98 Å². The number of hydrogen-bond acceptors (Lipinski definition) is 5. The smallest absolute Gasteiger partial charge is 0.231 e. The number of ether oxygens (including phenoxy) is 3. The lowest BCUT2D eigenvalue weighted by Crippen LogP contribution is -2.33. The van der Waals surface area contributed by atoms with Crippen LogP contribution < -0.4 is 19.9 Å². The highest BCUT2D eigenvalue weighted by Crippen LogP contribution is 2.38. The van der Waals surface area contributed by atoms with E-state index in [-0.39, 0.29) is 18.9 Å². The number of nitrogens with two attached hydrogens (primary N) is 1. The topological polar surface area (TPSA) is 66.6 Å². The van der Waals surface area contributed by atoms with Crippen molar-refractivity contribution < 1.29 is 14.2 Å². The molecule has 1 fully saturated rings. The Morgan fingerprint density at radius 1 is 1.19 bits per heavy atom. The molecule has 5 nitrogen and oxygen atoms in total. The molecule has 2 aliphatic rings. The van der Waals surface area contributed by atoms with Gasteiger partial charge in [0.2, 0.25) is 12.7 Å². The molecular weight excluding hydrogens is 268 g/mol. The number of aromatic nitrogens is 1. The highest BCUT2D eigenvalue weighted by Gasteiger charge is 2.22. The molecule has 2 heterocycles. The van der Waals surface area contributed by atoms with Crippen molar-refractivity contribution in [3.05, 3.63) is 24.4 Å². The van der Waals surface area contributed by atoms with Gasteiger partial charge in [0.25, 0.3) is 0 Å². The van der Waals surface area contributed by atoms with Crippen molar-refractivity contribution in [1.82, 2.24) is 4.98 Å². The number of rotatable bonds is 2. The van der Waals surface area contributed by atoms with Crippen LogP contribution in [0, 0.1) is 0 Å². The normalized spacial score (nSPS) is 24.2. The van der Waals surface area contributed by atoms with Crippen molar-refractivity contribution in [2.45, 2.75) is 37.8 Å². The van der Waals surface area contributed by atoms with Crippen molar-refractivity contribution in [2.24, 2.45) is 5.73 Å². The van der Waals surface area contributed by atoms with E-state index in [0.29, 0.717) is 5.88 Å². The minimum Gasteiger partial charge on any atom is -0.474 e. The van der Waals surface area contributed by atoms with Crippen molar-refractivity contribution >= 4 is 10.8 Å². The Balaban J connectivity index is 1.68. The van der Waals surface area contributed by atoms with Crippen LogP contribution in [-0.2, 0) is 0 Å². The molecule has 0 amide bonds. The van der Waals surface area contributed by atoms with Gasteiger partial charge in [-0.25, -0.2) is 4.98 Å². The molecule has 110 valence electrons. The maximum Gasteiger partial charge on any atom is 0.231 e. The maximum absolute atomic E-state index is 6.11. The average Bonchev–Trinajstić information content (AvgIpc) is 2.93. The Morgan fingerprint density at radius 2 is 2.05 bits per heavy atom. The van der Waals surface area contributed by atoms with Gasteiger partial charge in [0.15, 0.2) is 11.5 Å². The van der Waals surface area contributed by atoms with Crippen LogP contribution >= 0.6 is 0 Å². The van der Waals surface area contributed by atoms with Crippen molar-refractivity contribution in [3.8, 4) is 17.4 Å². The lowest BCUT2D eigenvalue weighted by atomic mass is 9.93. The molecular formula is C16H18N2O3. The maximum atomic E-state index is 6.11. The minimum atomic E-state index is 0.150. The van der Waals surface area contributed by atoms with Gasteiger partial charge in [0.1, 0.15) is 6.10 Å². The summed E-state index contributed by atoms with van der Waals surface area (Å²) in [6.45, 7) is 0.271. The van der Waals surface area contributed by atoms with E-state index in [4.69, 9.17) is 19.9 Å². The summed E-state index contributed by atoms with van der Waals surface area (Å²) in [6, 6.07) is 6.11. The standard InChI is InChI=1S/C16H18N2O3/c17-11-2-1-3-12(7-11)21-16-13-8-15-14(19-9-20-15)6-10(13)4-5-18-16/h4-6,8,11-12H,1-3,7,9,17H2. The van der Waals surface area contributed by atoms with Crippen LogP contribution in [0.25, 0.3) is 10.8 Å². The van der Waals surface area contributed by atoms with Crippen molar-refractivity contribution in [1.29, 1.82) is 0 Å². The van der Waals surface area contributed by atoms with E-state index in [1.807, 2.05) is 18.2 Å². The van der Waals surface area contributed by atoms with Crippen LogP contribution in [-0.4, -0.2) is 23.9 Å². The lowest BCUT2D eigenvalue weighted by Gasteiger charge is -2.27. The molecule has 4 rings (SSSR count). The third-order valence-corrected chi connectivity index (χ3v) is 4.17. The zero-order chi connectivity index (χ0) is 14.2. The third-order valence-electron chi connectivity index (χ3n) is 4.17.